The van der Waals surface area contributed by atoms with Gasteiger partial charge in [-0.15, -0.1) is 0 Å². The van der Waals surface area contributed by atoms with Crippen LogP contribution in [0.25, 0.3) is 0 Å². The molecule has 0 bridgehead atoms. The van der Waals surface area contributed by atoms with Crippen LogP contribution in [0.3, 0.4) is 0 Å². The molecule has 2 rings (SSSR count). The minimum absolute atomic E-state index is 0.214. The summed E-state index contributed by atoms with van der Waals surface area (Å²) in [4.78, 5) is 11.3. The summed E-state index contributed by atoms with van der Waals surface area (Å²) in [6.07, 6.45) is 3.61. The molecule has 1 aromatic rings. The Morgan fingerprint density at radius 3 is 2.22 bits per heavy atom. The van der Waals surface area contributed by atoms with Crippen molar-refractivity contribution in [2.45, 2.75) is 64.7 Å². The standard InChI is InChI=1S/C17H24O/c1-12-11-14(17(2,3)4)7-10-16(12)13-5-8-15(18)9-6-13/h7,10-11,13H,5-6,8-9H2,1-4H3. The Labute approximate surface area is 111 Å². The number of hydrogen-bond donors (Lipinski definition) is 0. The summed E-state index contributed by atoms with van der Waals surface area (Å²) in [7, 11) is 0. The molecule has 0 aromatic heterocycles. The van der Waals surface area contributed by atoms with Crippen LogP contribution in [0.5, 0.6) is 0 Å². The summed E-state index contributed by atoms with van der Waals surface area (Å²) in [5, 5.41) is 0. The van der Waals surface area contributed by atoms with Crippen molar-refractivity contribution in [3.63, 3.8) is 0 Å². The molecule has 1 aliphatic rings. The normalized spacial score (nSPS) is 18.1. The van der Waals surface area contributed by atoms with Crippen molar-refractivity contribution in [3.05, 3.63) is 34.9 Å². The lowest BCUT2D eigenvalue weighted by Gasteiger charge is -2.25. The first-order valence-electron chi connectivity index (χ1n) is 7.00. The van der Waals surface area contributed by atoms with Gasteiger partial charge in [0.1, 0.15) is 5.78 Å². The van der Waals surface area contributed by atoms with Crippen LogP contribution in [0.1, 0.15) is 69.1 Å². The first-order valence-corrected chi connectivity index (χ1v) is 7.00. The number of rotatable bonds is 1. The first-order chi connectivity index (χ1) is 8.38. The zero-order chi connectivity index (χ0) is 13.3. The minimum atomic E-state index is 0.214. The van der Waals surface area contributed by atoms with Crippen molar-refractivity contribution in [3.8, 4) is 0 Å². The Morgan fingerprint density at radius 2 is 1.72 bits per heavy atom. The lowest BCUT2D eigenvalue weighted by Crippen LogP contribution is -2.15. The van der Waals surface area contributed by atoms with Crippen LogP contribution >= 0.6 is 0 Å². The Morgan fingerprint density at radius 1 is 1.11 bits per heavy atom. The quantitative estimate of drug-likeness (QED) is 0.710. The molecule has 1 fully saturated rings. The van der Waals surface area contributed by atoms with Crippen molar-refractivity contribution >= 4 is 5.78 Å². The van der Waals surface area contributed by atoms with Gasteiger partial charge in [0, 0.05) is 12.8 Å². The molecule has 0 atom stereocenters. The van der Waals surface area contributed by atoms with Gasteiger partial charge in [-0.1, -0.05) is 39.0 Å². The summed E-state index contributed by atoms with van der Waals surface area (Å²) in [6, 6.07) is 6.88. The van der Waals surface area contributed by atoms with Crippen LogP contribution in [0, 0.1) is 6.92 Å². The molecule has 0 N–H and O–H groups in total. The number of carbonyl (C=O) groups is 1. The van der Waals surface area contributed by atoms with Gasteiger partial charge in [0.15, 0.2) is 0 Å². The van der Waals surface area contributed by atoms with Crippen LogP contribution < -0.4 is 0 Å². The minimum Gasteiger partial charge on any atom is -0.300 e. The van der Waals surface area contributed by atoms with Gasteiger partial charge in [0.05, 0.1) is 0 Å². The average molecular weight is 244 g/mol. The topological polar surface area (TPSA) is 17.1 Å². The second kappa shape index (κ2) is 4.87. The monoisotopic (exact) mass is 244 g/mol. The van der Waals surface area contributed by atoms with Crippen molar-refractivity contribution in [1.29, 1.82) is 0 Å². The van der Waals surface area contributed by atoms with Gasteiger partial charge in [0.2, 0.25) is 0 Å². The lowest BCUT2D eigenvalue weighted by atomic mass is 9.79. The fourth-order valence-electron chi connectivity index (χ4n) is 2.85. The molecule has 0 amide bonds. The number of hydrogen-bond acceptors (Lipinski definition) is 1. The van der Waals surface area contributed by atoms with Crippen LogP contribution in [0.2, 0.25) is 0 Å². The van der Waals surface area contributed by atoms with Gasteiger partial charge < -0.3 is 0 Å². The summed E-state index contributed by atoms with van der Waals surface area (Å²) in [5.74, 6) is 1.03. The third-order valence-electron chi connectivity index (χ3n) is 4.12. The van der Waals surface area contributed by atoms with E-state index in [9.17, 15) is 4.79 Å². The third kappa shape index (κ3) is 2.82. The van der Waals surface area contributed by atoms with E-state index >= 15 is 0 Å². The van der Waals surface area contributed by atoms with Crippen LogP contribution in [0.4, 0.5) is 0 Å². The summed E-state index contributed by atoms with van der Waals surface area (Å²) >= 11 is 0. The number of Topliss-reactive ketones (excluding diaryl/α,β-unsaturated/α-hetero) is 1. The Kier molecular flexibility index (Phi) is 3.61. The number of aryl methyl sites for hydroxylation is 1. The number of benzene rings is 1. The van der Waals surface area contributed by atoms with E-state index in [0.29, 0.717) is 11.7 Å². The fourth-order valence-corrected chi connectivity index (χ4v) is 2.85. The van der Waals surface area contributed by atoms with E-state index in [1.54, 1.807) is 0 Å². The van der Waals surface area contributed by atoms with Crippen LogP contribution in [-0.2, 0) is 10.2 Å². The summed E-state index contributed by atoms with van der Waals surface area (Å²) in [5.41, 5.74) is 4.46. The highest BCUT2D eigenvalue weighted by atomic mass is 16.1. The smallest absolute Gasteiger partial charge is 0.132 e. The molecule has 0 saturated heterocycles. The van der Waals surface area contributed by atoms with Crippen LogP contribution in [-0.4, -0.2) is 5.78 Å². The van der Waals surface area contributed by atoms with Gasteiger partial charge in [-0.25, -0.2) is 0 Å². The van der Waals surface area contributed by atoms with Gasteiger partial charge in [-0.05, 0) is 47.8 Å². The largest absolute Gasteiger partial charge is 0.300 e. The summed E-state index contributed by atoms with van der Waals surface area (Å²) < 4.78 is 0. The van der Waals surface area contributed by atoms with E-state index in [1.165, 1.54) is 16.7 Å². The Hall–Kier alpha value is -1.11. The van der Waals surface area contributed by atoms with E-state index in [4.69, 9.17) is 0 Å². The molecule has 1 saturated carbocycles. The van der Waals surface area contributed by atoms with Crippen LogP contribution in [0.15, 0.2) is 18.2 Å². The highest BCUT2D eigenvalue weighted by molar-refractivity contribution is 5.79. The zero-order valence-electron chi connectivity index (χ0n) is 12.0. The maximum Gasteiger partial charge on any atom is 0.132 e. The van der Waals surface area contributed by atoms with E-state index in [0.717, 1.165) is 25.7 Å². The third-order valence-corrected chi connectivity index (χ3v) is 4.12. The number of ketones is 1. The van der Waals surface area contributed by atoms with Gasteiger partial charge in [-0.3, -0.25) is 4.79 Å². The van der Waals surface area contributed by atoms with E-state index in [-0.39, 0.29) is 5.41 Å². The molecule has 1 aliphatic carbocycles. The van der Waals surface area contributed by atoms with Crippen molar-refractivity contribution < 1.29 is 4.79 Å². The molecule has 0 unspecified atom stereocenters. The highest BCUT2D eigenvalue weighted by Crippen LogP contribution is 2.34. The molecule has 1 heteroatoms. The maximum atomic E-state index is 11.3. The molecule has 98 valence electrons. The predicted octanol–water partition coefficient (Wildman–Crippen LogP) is 4.52. The maximum absolute atomic E-state index is 11.3. The molecule has 1 aromatic carbocycles. The molecule has 18 heavy (non-hydrogen) atoms. The number of carbonyl (C=O) groups excluding carboxylic acids is 1. The molecular weight excluding hydrogens is 220 g/mol. The van der Waals surface area contributed by atoms with Crippen molar-refractivity contribution in [2.24, 2.45) is 0 Å². The predicted molar refractivity (Wildman–Crippen MR) is 76.1 cm³/mol. The van der Waals surface area contributed by atoms with Crippen molar-refractivity contribution in [1.82, 2.24) is 0 Å². The average Bonchev–Trinajstić information content (AvgIpc) is 2.29. The zero-order valence-corrected chi connectivity index (χ0v) is 12.0. The fraction of sp³-hybridized carbons (Fsp3) is 0.588. The first kappa shape index (κ1) is 13.3. The SMILES string of the molecule is Cc1cc(C(C)(C)C)ccc1C1CCC(=O)CC1. The van der Waals surface area contributed by atoms with E-state index in [1.807, 2.05) is 0 Å². The lowest BCUT2D eigenvalue weighted by molar-refractivity contribution is -0.120. The summed E-state index contributed by atoms with van der Waals surface area (Å²) in [6.45, 7) is 8.96. The second-order valence-corrected chi connectivity index (χ2v) is 6.63. The highest BCUT2D eigenvalue weighted by Gasteiger charge is 2.22. The van der Waals surface area contributed by atoms with Gasteiger partial charge in [-0.2, -0.15) is 0 Å². The van der Waals surface area contributed by atoms with E-state index < -0.39 is 0 Å². The molecule has 0 aliphatic heterocycles. The van der Waals surface area contributed by atoms with E-state index in [2.05, 4.69) is 45.9 Å². The van der Waals surface area contributed by atoms with Gasteiger partial charge in [0.25, 0.3) is 0 Å². The molecule has 0 radical (unpaired) electrons. The Bertz CT molecular complexity index is 441. The second-order valence-electron chi connectivity index (χ2n) is 6.63. The Balaban J connectivity index is 2.22. The van der Waals surface area contributed by atoms with Crippen molar-refractivity contribution in [2.75, 3.05) is 0 Å². The van der Waals surface area contributed by atoms with Gasteiger partial charge >= 0.3 is 0 Å². The molecular formula is C17H24O. The molecule has 0 heterocycles. The molecule has 0 spiro atoms. The molecule has 1 nitrogen and oxygen atoms in total.